The smallest absolute Gasteiger partial charge is 0.372 e. The Morgan fingerprint density at radius 3 is 2.48 bits per heavy atom. The first-order valence-corrected chi connectivity index (χ1v) is 7.90. The van der Waals surface area contributed by atoms with Gasteiger partial charge in [-0.3, -0.25) is 0 Å². The molecule has 0 aliphatic carbocycles. The summed E-state index contributed by atoms with van der Waals surface area (Å²) in [4.78, 5) is 16.5. The van der Waals surface area contributed by atoms with Crippen molar-refractivity contribution in [1.82, 2.24) is 0 Å². The molecule has 3 aromatic carbocycles. The number of nitrogens with zero attached hydrogens (tertiary/aromatic N) is 1. The SMILES string of the molecule is N/C(=N\OC(=O)COc1ccc2ccccc2c1)c1ccc(Cl)cc1. The summed E-state index contributed by atoms with van der Waals surface area (Å²) in [6, 6.07) is 20.1. The molecule has 6 heteroatoms. The first-order valence-electron chi connectivity index (χ1n) is 7.53. The number of nitrogens with two attached hydrogens (primary N) is 1. The predicted octanol–water partition coefficient (Wildman–Crippen LogP) is 3.74. The van der Waals surface area contributed by atoms with Crippen molar-refractivity contribution in [3.05, 3.63) is 77.3 Å². The van der Waals surface area contributed by atoms with Gasteiger partial charge in [-0.25, -0.2) is 4.79 Å². The van der Waals surface area contributed by atoms with E-state index < -0.39 is 5.97 Å². The second-order valence-electron chi connectivity index (χ2n) is 5.24. The van der Waals surface area contributed by atoms with Gasteiger partial charge < -0.3 is 15.3 Å². The van der Waals surface area contributed by atoms with Crippen molar-refractivity contribution in [3.8, 4) is 5.75 Å². The highest BCUT2D eigenvalue weighted by molar-refractivity contribution is 6.30. The number of ether oxygens (including phenoxy) is 1. The van der Waals surface area contributed by atoms with Gasteiger partial charge in [-0.2, -0.15) is 0 Å². The van der Waals surface area contributed by atoms with Crippen molar-refractivity contribution in [2.75, 3.05) is 6.61 Å². The highest BCUT2D eigenvalue weighted by atomic mass is 35.5. The fourth-order valence-electron chi connectivity index (χ4n) is 2.20. The topological polar surface area (TPSA) is 73.9 Å². The molecule has 2 N–H and O–H groups in total. The molecule has 3 aromatic rings. The van der Waals surface area contributed by atoms with Gasteiger partial charge in [0.05, 0.1) is 0 Å². The first-order chi connectivity index (χ1) is 12.1. The van der Waals surface area contributed by atoms with Gasteiger partial charge in [0, 0.05) is 10.6 Å². The minimum absolute atomic E-state index is 0.0794. The Kier molecular flexibility index (Phi) is 5.16. The molecule has 0 saturated carbocycles. The molecular formula is C19H15ClN2O3. The number of benzene rings is 3. The van der Waals surface area contributed by atoms with Crippen LogP contribution in [0.4, 0.5) is 0 Å². The van der Waals surface area contributed by atoms with Crippen LogP contribution in [-0.2, 0) is 9.63 Å². The minimum atomic E-state index is -0.648. The molecule has 0 saturated heterocycles. The number of carbonyl (C=O) groups is 1. The zero-order valence-corrected chi connectivity index (χ0v) is 13.9. The number of amidine groups is 1. The minimum Gasteiger partial charge on any atom is -0.482 e. The van der Waals surface area contributed by atoms with E-state index in [0.717, 1.165) is 10.8 Å². The molecule has 126 valence electrons. The van der Waals surface area contributed by atoms with E-state index in [1.807, 2.05) is 36.4 Å². The number of oxime groups is 1. The van der Waals surface area contributed by atoms with Crippen molar-refractivity contribution in [2.45, 2.75) is 0 Å². The summed E-state index contributed by atoms with van der Waals surface area (Å²) in [6.07, 6.45) is 0. The monoisotopic (exact) mass is 354 g/mol. The number of halogens is 1. The van der Waals surface area contributed by atoms with Gasteiger partial charge in [0.15, 0.2) is 12.4 Å². The summed E-state index contributed by atoms with van der Waals surface area (Å²) in [5.74, 6) is 0.00565. The van der Waals surface area contributed by atoms with E-state index in [9.17, 15) is 4.79 Å². The average Bonchev–Trinajstić information content (AvgIpc) is 2.65. The summed E-state index contributed by atoms with van der Waals surface area (Å²) in [7, 11) is 0. The normalized spacial score (nSPS) is 11.3. The number of fused-ring (bicyclic) bond motifs is 1. The van der Waals surface area contributed by atoms with Crippen molar-refractivity contribution < 1.29 is 14.4 Å². The molecule has 5 nitrogen and oxygen atoms in total. The summed E-state index contributed by atoms with van der Waals surface area (Å²) >= 11 is 5.80. The van der Waals surface area contributed by atoms with E-state index >= 15 is 0 Å². The van der Waals surface area contributed by atoms with E-state index in [0.29, 0.717) is 16.3 Å². The van der Waals surface area contributed by atoms with Crippen LogP contribution in [0.3, 0.4) is 0 Å². The molecule has 0 bridgehead atoms. The summed E-state index contributed by atoms with van der Waals surface area (Å²) in [5, 5.41) is 6.31. The molecule has 0 aliphatic heterocycles. The molecule has 0 spiro atoms. The Labute approximate surface area is 149 Å². The van der Waals surface area contributed by atoms with Crippen LogP contribution in [-0.4, -0.2) is 18.4 Å². The van der Waals surface area contributed by atoms with Gasteiger partial charge in [0.1, 0.15) is 5.75 Å². The van der Waals surface area contributed by atoms with Crippen LogP contribution in [0, 0.1) is 0 Å². The molecule has 0 aromatic heterocycles. The fourth-order valence-corrected chi connectivity index (χ4v) is 2.33. The zero-order valence-electron chi connectivity index (χ0n) is 13.2. The third-order valence-corrected chi connectivity index (χ3v) is 3.72. The maximum atomic E-state index is 11.7. The lowest BCUT2D eigenvalue weighted by Gasteiger charge is -2.06. The summed E-state index contributed by atoms with van der Waals surface area (Å²) in [5.41, 5.74) is 6.36. The molecule has 0 atom stereocenters. The third kappa shape index (κ3) is 4.49. The Bertz CT molecular complexity index is 923. The summed E-state index contributed by atoms with van der Waals surface area (Å²) in [6.45, 7) is -0.268. The lowest BCUT2D eigenvalue weighted by atomic mass is 10.1. The van der Waals surface area contributed by atoms with Crippen molar-refractivity contribution in [2.24, 2.45) is 10.9 Å². The molecule has 25 heavy (non-hydrogen) atoms. The zero-order chi connectivity index (χ0) is 17.6. The van der Waals surface area contributed by atoms with E-state index in [1.54, 1.807) is 30.3 Å². The molecule has 0 radical (unpaired) electrons. The van der Waals surface area contributed by atoms with E-state index in [1.165, 1.54) is 0 Å². The number of hydrogen-bond donors (Lipinski definition) is 1. The van der Waals surface area contributed by atoms with Crippen molar-refractivity contribution in [3.63, 3.8) is 0 Å². The van der Waals surface area contributed by atoms with Crippen LogP contribution in [0.5, 0.6) is 5.75 Å². The second kappa shape index (κ2) is 7.68. The number of rotatable bonds is 5. The van der Waals surface area contributed by atoms with Crippen LogP contribution in [0.1, 0.15) is 5.56 Å². The molecular weight excluding hydrogens is 340 g/mol. The lowest BCUT2D eigenvalue weighted by molar-refractivity contribution is -0.146. The van der Waals surface area contributed by atoms with E-state index in [4.69, 9.17) is 26.9 Å². The third-order valence-electron chi connectivity index (χ3n) is 3.46. The number of carbonyl (C=O) groups excluding carboxylic acids is 1. The van der Waals surface area contributed by atoms with E-state index in [-0.39, 0.29) is 12.4 Å². The van der Waals surface area contributed by atoms with Crippen LogP contribution >= 0.6 is 11.6 Å². The molecule has 0 amide bonds. The fraction of sp³-hybridized carbons (Fsp3) is 0.0526. The first kappa shape index (κ1) is 16.8. The Hall–Kier alpha value is -3.05. The van der Waals surface area contributed by atoms with Crippen molar-refractivity contribution >= 4 is 34.2 Å². The summed E-state index contributed by atoms with van der Waals surface area (Å²) < 4.78 is 5.43. The van der Waals surface area contributed by atoms with Gasteiger partial charge in [0.25, 0.3) is 0 Å². The van der Waals surface area contributed by atoms with Crippen LogP contribution in [0.25, 0.3) is 10.8 Å². The van der Waals surface area contributed by atoms with Crippen LogP contribution in [0.15, 0.2) is 71.9 Å². The molecule has 0 unspecified atom stereocenters. The standard InChI is InChI=1S/C19H15ClN2O3/c20-16-8-5-14(6-9-16)19(21)22-25-18(23)12-24-17-10-7-13-3-1-2-4-15(13)11-17/h1-11H,12H2,(H2,21,22). The lowest BCUT2D eigenvalue weighted by Crippen LogP contribution is -2.17. The van der Waals surface area contributed by atoms with Crippen LogP contribution < -0.4 is 10.5 Å². The van der Waals surface area contributed by atoms with Gasteiger partial charge in [0.2, 0.25) is 0 Å². The molecule has 3 rings (SSSR count). The largest absolute Gasteiger partial charge is 0.482 e. The average molecular weight is 355 g/mol. The van der Waals surface area contributed by atoms with E-state index in [2.05, 4.69) is 5.16 Å². The van der Waals surface area contributed by atoms with Crippen molar-refractivity contribution in [1.29, 1.82) is 0 Å². The second-order valence-corrected chi connectivity index (χ2v) is 5.68. The van der Waals surface area contributed by atoms with Gasteiger partial charge in [-0.15, -0.1) is 0 Å². The maximum Gasteiger partial charge on any atom is 0.372 e. The Morgan fingerprint density at radius 2 is 1.72 bits per heavy atom. The maximum absolute atomic E-state index is 11.7. The Balaban J connectivity index is 1.56. The Morgan fingerprint density at radius 1 is 1.00 bits per heavy atom. The number of hydrogen-bond acceptors (Lipinski definition) is 4. The highest BCUT2D eigenvalue weighted by Gasteiger charge is 2.06. The predicted molar refractivity (Wildman–Crippen MR) is 97.7 cm³/mol. The molecule has 0 aliphatic rings. The molecule has 0 heterocycles. The van der Waals surface area contributed by atoms with Gasteiger partial charge in [-0.1, -0.05) is 47.1 Å². The van der Waals surface area contributed by atoms with Crippen LogP contribution in [0.2, 0.25) is 5.02 Å². The highest BCUT2D eigenvalue weighted by Crippen LogP contribution is 2.20. The van der Waals surface area contributed by atoms with Gasteiger partial charge in [-0.05, 0) is 47.2 Å². The quantitative estimate of drug-likeness (QED) is 0.328. The molecule has 0 fully saturated rings. The van der Waals surface area contributed by atoms with Gasteiger partial charge >= 0.3 is 5.97 Å².